The van der Waals surface area contributed by atoms with Crippen LogP contribution in [0.15, 0.2) is 0 Å². The first-order valence-electron chi connectivity index (χ1n) is 7.42. The Balaban J connectivity index is 4.89. The van der Waals surface area contributed by atoms with Crippen molar-refractivity contribution >= 4 is 6.71 Å². The minimum atomic E-state index is -0.0694. The predicted molar refractivity (Wildman–Crippen MR) is 79.9 cm³/mol. The van der Waals surface area contributed by atoms with E-state index < -0.39 is 0 Å². The Hall–Kier alpha value is 0.0649. The fourth-order valence-electron chi connectivity index (χ4n) is 3.39. The van der Waals surface area contributed by atoms with Crippen LogP contribution in [0.1, 0.15) is 62.3 Å². The van der Waals surface area contributed by atoms with Crippen LogP contribution in [-0.2, 0) is 0 Å². The van der Waals surface area contributed by atoms with Crippen LogP contribution in [0.3, 0.4) is 0 Å². The van der Waals surface area contributed by atoms with Gasteiger partial charge in [0.15, 0.2) is 0 Å². The lowest BCUT2D eigenvalue weighted by Gasteiger charge is -2.46. The number of rotatable bonds is 6. The molecule has 0 aliphatic carbocycles. The van der Waals surface area contributed by atoms with Gasteiger partial charge < -0.3 is 0 Å². The average Bonchev–Trinajstić information content (AvgIpc) is 2.16. The van der Waals surface area contributed by atoms with Gasteiger partial charge in [-0.3, -0.25) is 0 Å². The fraction of sp³-hybridized carbons (Fsp3) is 1.00. The summed E-state index contributed by atoms with van der Waals surface area (Å²) in [5.74, 6) is 5.24. The van der Waals surface area contributed by atoms with Gasteiger partial charge in [0, 0.05) is 0 Å². The second-order valence-corrected chi connectivity index (χ2v) is 7.37. The van der Waals surface area contributed by atoms with Gasteiger partial charge in [0.05, 0.1) is 0 Å². The Bertz CT molecular complexity index is 151. The summed E-state index contributed by atoms with van der Waals surface area (Å²) in [6, 6.07) is 0. The van der Waals surface area contributed by atoms with Crippen LogP contribution in [0.2, 0.25) is 17.5 Å². The molecule has 0 aromatic rings. The molecule has 0 N–H and O–H groups in total. The summed E-state index contributed by atoms with van der Waals surface area (Å²) in [6.45, 7) is 21.8. The highest BCUT2D eigenvalue weighted by Crippen LogP contribution is 2.41. The zero-order valence-corrected chi connectivity index (χ0v) is 13.2. The molecular formula is C15H34B-. The number of hydrogen-bond acceptors (Lipinski definition) is 0. The summed E-state index contributed by atoms with van der Waals surface area (Å²) in [7, 11) is 0. The molecule has 0 fully saturated rings. The highest BCUT2D eigenvalue weighted by Gasteiger charge is 2.27. The summed E-state index contributed by atoms with van der Waals surface area (Å²) in [4.78, 5) is 0. The van der Waals surface area contributed by atoms with Crippen molar-refractivity contribution in [3.8, 4) is 0 Å². The molecule has 0 rings (SSSR count). The molecule has 16 heavy (non-hydrogen) atoms. The molecule has 0 aromatic heterocycles. The molecule has 0 spiro atoms. The molecule has 0 unspecified atom stereocenters. The lowest BCUT2D eigenvalue weighted by atomic mass is 9.25. The van der Waals surface area contributed by atoms with E-state index in [9.17, 15) is 0 Å². The second-order valence-electron chi connectivity index (χ2n) is 7.37. The normalized spacial score (nSPS) is 18.6. The molecule has 0 saturated heterocycles. The monoisotopic (exact) mass is 225 g/mol. The van der Waals surface area contributed by atoms with E-state index in [1.165, 1.54) is 0 Å². The van der Waals surface area contributed by atoms with Crippen LogP contribution >= 0.6 is 0 Å². The Morgan fingerprint density at radius 2 is 0.625 bits per heavy atom. The van der Waals surface area contributed by atoms with Crippen LogP contribution in [0.25, 0.3) is 0 Å². The molecule has 0 radical (unpaired) electrons. The van der Waals surface area contributed by atoms with Crippen molar-refractivity contribution in [2.45, 2.75) is 79.8 Å². The van der Waals surface area contributed by atoms with Gasteiger partial charge in [0.25, 0.3) is 0 Å². The minimum absolute atomic E-state index is 0.0694. The SMILES string of the molecule is CC(C)[C@H](C)[BH-]([C@@H](C)C(C)C)[C@H](C)C(C)C. The van der Waals surface area contributed by atoms with Crippen molar-refractivity contribution in [1.82, 2.24) is 0 Å². The zero-order chi connectivity index (χ0) is 13.0. The van der Waals surface area contributed by atoms with Crippen molar-refractivity contribution in [1.29, 1.82) is 0 Å². The molecule has 0 amide bonds. The molecule has 0 heterocycles. The van der Waals surface area contributed by atoms with Gasteiger partial charge in [0.1, 0.15) is 0 Å². The van der Waals surface area contributed by atoms with Gasteiger partial charge in [0.2, 0.25) is 0 Å². The van der Waals surface area contributed by atoms with Gasteiger partial charge in [-0.15, -0.1) is 0 Å². The van der Waals surface area contributed by atoms with Gasteiger partial charge in [-0.05, 0) is 6.71 Å². The van der Waals surface area contributed by atoms with Crippen molar-refractivity contribution < 1.29 is 0 Å². The summed E-state index contributed by atoms with van der Waals surface area (Å²) in [6.07, 6.45) is 0. The first-order valence-corrected chi connectivity index (χ1v) is 7.42. The van der Waals surface area contributed by atoms with E-state index in [1.54, 1.807) is 0 Å². The molecular weight excluding hydrogens is 191 g/mol. The van der Waals surface area contributed by atoms with E-state index in [-0.39, 0.29) is 6.71 Å². The maximum absolute atomic E-state index is 2.49. The van der Waals surface area contributed by atoms with Crippen LogP contribution in [-0.4, -0.2) is 6.71 Å². The molecule has 1 heteroatoms. The largest absolute Gasteiger partial charge is 0.169 e. The molecule has 0 aromatic carbocycles. The van der Waals surface area contributed by atoms with E-state index in [4.69, 9.17) is 0 Å². The highest BCUT2D eigenvalue weighted by atomic mass is 14.2. The average molecular weight is 225 g/mol. The van der Waals surface area contributed by atoms with Crippen LogP contribution < -0.4 is 0 Å². The summed E-state index contributed by atoms with van der Waals surface area (Å²) < 4.78 is 0. The van der Waals surface area contributed by atoms with Crippen molar-refractivity contribution in [3.63, 3.8) is 0 Å². The highest BCUT2D eigenvalue weighted by molar-refractivity contribution is 6.63. The second kappa shape index (κ2) is 6.72. The standard InChI is InChI=1S/C15H34B/c1-10(2)13(7)16(14(8)11(3)4)15(9)12(5)6/h10-16H,1-9H3/q-1/t13-,14-,15+/m0/s1. The van der Waals surface area contributed by atoms with Gasteiger partial charge >= 0.3 is 0 Å². The fourth-order valence-corrected chi connectivity index (χ4v) is 3.39. The molecule has 3 atom stereocenters. The van der Waals surface area contributed by atoms with Gasteiger partial charge in [-0.2, -0.15) is 17.5 Å². The van der Waals surface area contributed by atoms with Crippen LogP contribution in [0, 0.1) is 17.8 Å². The quantitative estimate of drug-likeness (QED) is 0.534. The molecule has 0 bridgehead atoms. The Morgan fingerprint density at radius 3 is 0.750 bits per heavy atom. The molecule has 0 saturated carbocycles. The third kappa shape index (κ3) is 4.15. The van der Waals surface area contributed by atoms with Gasteiger partial charge in [-0.1, -0.05) is 80.1 Å². The number of hydrogen-bond donors (Lipinski definition) is 0. The maximum Gasteiger partial charge on any atom is -0.00669 e. The van der Waals surface area contributed by atoms with Gasteiger partial charge in [-0.25, -0.2) is 0 Å². The Labute approximate surface area is 105 Å². The predicted octanol–water partition coefficient (Wildman–Crippen LogP) is 5.35. The third-order valence-electron chi connectivity index (χ3n) is 5.64. The maximum atomic E-state index is 2.49. The first kappa shape index (κ1) is 16.1. The lowest BCUT2D eigenvalue weighted by Crippen LogP contribution is -2.35. The minimum Gasteiger partial charge on any atom is -0.169 e. The topological polar surface area (TPSA) is 0 Å². The summed E-state index contributed by atoms with van der Waals surface area (Å²) in [5, 5.41) is 0. The Morgan fingerprint density at radius 1 is 0.438 bits per heavy atom. The third-order valence-corrected chi connectivity index (χ3v) is 5.64. The molecule has 0 aliphatic heterocycles. The smallest absolute Gasteiger partial charge is 0.00669 e. The van der Waals surface area contributed by atoms with E-state index in [0.717, 1.165) is 35.2 Å². The van der Waals surface area contributed by atoms with Crippen LogP contribution in [0.4, 0.5) is 0 Å². The zero-order valence-electron chi connectivity index (χ0n) is 13.2. The van der Waals surface area contributed by atoms with E-state index in [0.29, 0.717) is 0 Å². The van der Waals surface area contributed by atoms with Crippen molar-refractivity contribution in [2.24, 2.45) is 17.8 Å². The van der Waals surface area contributed by atoms with E-state index in [2.05, 4.69) is 62.3 Å². The summed E-state index contributed by atoms with van der Waals surface area (Å²) in [5.41, 5.74) is 0. The summed E-state index contributed by atoms with van der Waals surface area (Å²) >= 11 is 0. The molecule has 98 valence electrons. The van der Waals surface area contributed by atoms with Crippen molar-refractivity contribution in [2.75, 3.05) is 0 Å². The molecule has 0 nitrogen and oxygen atoms in total. The molecule has 0 aliphatic rings. The van der Waals surface area contributed by atoms with E-state index >= 15 is 0 Å². The van der Waals surface area contributed by atoms with Crippen molar-refractivity contribution in [3.05, 3.63) is 0 Å². The van der Waals surface area contributed by atoms with Crippen LogP contribution in [0.5, 0.6) is 0 Å². The first-order chi connectivity index (χ1) is 7.20. The van der Waals surface area contributed by atoms with E-state index in [1.807, 2.05) is 0 Å². The Kier molecular flexibility index (Phi) is 6.74. The lowest BCUT2D eigenvalue weighted by molar-refractivity contribution is 0.518.